The summed E-state index contributed by atoms with van der Waals surface area (Å²) in [4.78, 5) is 12.7. The van der Waals surface area contributed by atoms with E-state index in [9.17, 15) is 4.79 Å². The van der Waals surface area contributed by atoms with Gasteiger partial charge in [-0.3, -0.25) is 9.48 Å². The minimum absolute atomic E-state index is 0.236. The third kappa shape index (κ3) is 2.21. The van der Waals surface area contributed by atoms with Crippen molar-refractivity contribution < 1.29 is 4.79 Å². The summed E-state index contributed by atoms with van der Waals surface area (Å²) >= 11 is 0. The molecule has 0 spiro atoms. The maximum Gasteiger partial charge on any atom is 0.173 e. The lowest BCUT2D eigenvalue weighted by Crippen LogP contribution is -2.38. The van der Waals surface area contributed by atoms with Crippen LogP contribution in [0.5, 0.6) is 0 Å². The summed E-state index contributed by atoms with van der Waals surface area (Å²) in [5.41, 5.74) is 0.529. The smallest absolute Gasteiger partial charge is 0.173 e. The Labute approximate surface area is 109 Å². The molecule has 2 rings (SSSR count). The van der Waals surface area contributed by atoms with Crippen LogP contribution in [0.25, 0.3) is 0 Å². The highest BCUT2D eigenvalue weighted by atomic mass is 16.1. The van der Waals surface area contributed by atoms with Crippen LogP contribution in [-0.2, 0) is 6.54 Å². The maximum atomic E-state index is 12.7. The van der Waals surface area contributed by atoms with Gasteiger partial charge in [-0.1, -0.05) is 20.8 Å². The molecule has 2 heterocycles. The van der Waals surface area contributed by atoms with E-state index in [2.05, 4.69) is 31.2 Å². The van der Waals surface area contributed by atoms with Gasteiger partial charge in [0.05, 0.1) is 11.8 Å². The average molecular weight is 249 g/mol. The number of aryl methyl sites for hydroxylation is 1. The highest BCUT2D eigenvalue weighted by Crippen LogP contribution is 2.37. The number of nitrogens with one attached hydrogen (secondary N) is 1. The summed E-state index contributed by atoms with van der Waals surface area (Å²) in [7, 11) is 0. The third-order valence-corrected chi connectivity index (χ3v) is 4.09. The first kappa shape index (κ1) is 13.3. The molecule has 0 aliphatic carbocycles. The van der Waals surface area contributed by atoms with Crippen molar-refractivity contribution >= 4 is 5.78 Å². The number of ketones is 1. The highest BCUT2D eigenvalue weighted by molar-refractivity contribution is 6.00. The number of nitrogens with zero attached hydrogens (tertiary/aromatic N) is 2. The van der Waals surface area contributed by atoms with Crippen LogP contribution in [0, 0.1) is 11.3 Å². The largest absolute Gasteiger partial charge is 0.316 e. The summed E-state index contributed by atoms with van der Waals surface area (Å²) in [6, 6.07) is 0. The molecule has 1 aromatic heterocycles. The van der Waals surface area contributed by atoms with E-state index in [1.165, 1.54) is 0 Å². The van der Waals surface area contributed by atoms with Crippen molar-refractivity contribution in [2.24, 2.45) is 11.3 Å². The zero-order chi connectivity index (χ0) is 13.2. The van der Waals surface area contributed by atoms with Gasteiger partial charge in [0.15, 0.2) is 5.78 Å². The van der Waals surface area contributed by atoms with Gasteiger partial charge >= 0.3 is 0 Å². The van der Waals surface area contributed by atoms with E-state index in [1.54, 1.807) is 6.20 Å². The topological polar surface area (TPSA) is 46.9 Å². The monoisotopic (exact) mass is 249 g/mol. The van der Waals surface area contributed by atoms with Crippen molar-refractivity contribution in [1.29, 1.82) is 0 Å². The Morgan fingerprint density at radius 1 is 1.61 bits per heavy atom. The first-order chi connectivity index (χ1) is 8.60. The molecule has 0 bridgehead atoms. The first-order valence-electron chi connectivity index (χ1n) is 6.88. The number of carbonyl (C=O) groups is 1. The fourth-order valence-electron chi connectivity index (χ4n) is 2.78. The van der Waals surface area contributed by atoms with Crippen LogP contribution in [0.4, 0.5) is 0 Å². The SMILES string of the molecule is CCCn1cc(C(=O)C2(C(C)C)CCNC2)cn1. The summed E-state index contributed by atoms with van der Waals surface area (Å²) in [6.45, 7) is 9.00. The quantitative estimate of drug-likeness (QED) is 0.813. The van der Waals surface area contributed by atoms with Crippen molar-refractivity contribution in [3.8, 4) is 0 Å². The second kappa shape index (κ2) is 5.22. The van der Waals surface area contributed by atoms with E-state index < -0.39 is 0 Å². The van der Waals surface area contributed by atoms with Crippen LogP contribution in [0.1, 0.15) is 44.0 Å². The Morgan fingerprint density at radius 3 is 2.94 bits per heavy atom. The number of hydrogen-bond acceptors (Lipinski definition) is 3. The van der Waals surface area contributed by atoms with Crippen LogP contribution < -0.4 is 5.32 Å². The van der Waals surface area contributed by atoms with E-state index in [0.29, 0.717) is 5.92 Å². The molecule has 18 heavy (non-hydrogen) atoms. The third-order valence-electron chi connectivity index (χ3n) is 4.09. The van der Waals surface area contributed by atoms with Gasteiger partial charge in [-0.2, -0.15) is 5.10 Å². The summed E-state index contributed by atoms with van der Waals surface area (Å²) < 4.78 is 1.86. The molecule has 0 aromatic carbocycles. The zero-order valence-corrected chi connectivity index (χ0v) is 11.6. The first-order valence-corrected chi connectivity index (χ1v) is 6.88. The van der Waals surface area contributed by atoms with Gasteiger partial charge in [-0.05, 0) is 25.3 Å². The molecule has 100 valence electrons. The van der Waals surface area contributed by atoms with E-state index in [1.807, 2.05) is 10.9 Å². The zero-order valence-electron chi connectivity index (χ0n) is 11.6. The molecule has 0 saturated carbocycles. The van der Waals surface area contributed by atoms with Crippen molar-refractivity contribution in [1.82, 2.24) is 15.1 Å². The standard InChI is InChI=1S/C14H23N3O/c1-4-7-17-9-12(8-16-17)13(18)14(11(2)3)5-6-15-10-14/h8-9,11,15H,4-7,10H2,1-3H3. The second-order valence-electron chi connectivity index (χ2n) is 5.56. The molecule has 1 saturated heterocycles. The number of aromatic nitrogens is 2. The number of hydrogen-bond donors (Lipinski definition) is 1. The lowest BCUT2D eigenvalue weighted by Gasteiger charge is -2.30. The summed E-state index contributed by atoms with van der Waals surface area (Å²) in [6.07, 6.45) is 5.59. The Balaban J connectivity index is 2.22. The van der Waals surface area contributed by atoms with E-state index in [-0.39, 0.29) is 11.2 Å². The van der Waals surface area contributed by atoms with Gasteiger partial charge in [-0.15, -0.1) is 0 Å². The predicted octanol–water partition coefficient (Wildman–Crippen LogP) is 2.11. The van der Waals surface area contributed by atoms with Gasteiger partial charge < -0.3 is 5.32 Å². The minimum atomic E-state index is -0.236. The van der Waals surface area contributed by atoms with Crippen LogP contribution in [-0.4, -0.2) is 28.7 Å². The molecule has 1 fully saturated rings. The molecular formula is C14H23N3O. The Bertz CT molecular complexity index is 416. The van der Waals surface area contributed by atoms with Crippen molar-refractivity contribution in [2.45, 2.75) is 40.2 Å². The number of carbonyl (C=O) groups excluding carboxylic acids is 1. The van der Waals surface area contributed by atoms with Crippen LogP contribution in [0.15, 0.2) is 12.4 Å². The molecule has 0 radical (unpaired) electrons. The number of Topliss-reactive ketones (excluding diaryl/α,β-unsaturated/α-hetero) is 1. The van der Waals surface area contributed by atoms with E-state index >= 15 is 0 Å². The van der Waals surface area contributed by atoms with Gasteiger partial charge in [0.1, 0.15) is 0 Å². The highest BCUT2D eigenvalue weighted by Gasteiger charge is 2.44. The maximum absolute atomic E-state index is 12.7. The van der Waals surface area contributed by atoms with Crippen LogP contribution >= 0.6 is 0 Å². The fraction of sp³-hybridized carbons (Fsp3) is 0.714. The van der Waals surface area contributed by atoms with Gasteiger partial charge in [0, 0.05) is 24.7 Å². The van der Waals surface area contributed by atoms with E-state index in [0.717, 1.165) is 38.0 Å². The van der Waals surface area contributed by atoms with E-state index in [4.69, 9.17) is 0 Å². The second-order valence-corrected chi connectivity index (χ2v) is 5.56. The summed E-state index contributed by atoms with van der Waals surface area (Å²) in [5.74, 6) is 0.611. The van der Waals surface area contributed by atoms with Crippen molar-refractivity contribution in [2.75, 3.05) is 13.1 Å². The molecule has 1 unspecified atom stereocenters. The Kier molecular flexibility index (Phi) is 3.85. The molecule has 4 nitrogen and oxygen atoms in total. The van der Waals surface area contributed by atoms with Gasteiger partial charge in [0.25, 0.3) is 0 Å². The Morgan fingerprint density at radius 2 is 2.39 bits per heavy atom. The lowest BCUT2D eigenvalue weighted by atomic mass is 9.71. The normalized spacial score (nSPS) is 23.8. The molecule has 1 aliphatic rings. The lowest BCUT2D eigenvalue weighted by molar-refractivity contribution is 0.0740. The molecule has 0 amide bonds. The number of rotatable bonds is 5. The molecular weight excluding hydrogens is 226 g/mol. The molecule has 1 atom stereocenters. The van der Waals surface area contributed by atoms with Gasteiger partial charge in [0.2, 0.25) is 0 Å². The van der Waals surface area contributed by atoms with Crippen LogP contribution in [0.2, 0.25) is 0 Å². The summed E-state index contributed by atoms with van der Waals surface area (Å²) in [5, 5.41) is 7.59. The van der Waals surface area contributed by atoms with Gasteiger partial charge in [-0.25, -0.2) is 0 Å². The van der Waals surface area contributed by atoms with Crippen molar-refractivity contribution in [3.05, 3.63) is 18.0 Å². The molecule has 1 aromatic rings. The average Bonchev–Trinajstić information content (AvgIpc) is 2.97. The van der Waals surface area contributed by atoms with Crippen LogP contribution in [0.3, 0.4) is 0 Å². The predicted molar refractivity (Wildman–Crippen MR) is 71.6 cm³/mol. The minimum Gasteiger partial charge on any atom is -0.316 e. The molecule has 1 N–H and O–H groups in total. The molecule has 4 heteroatoms. The fourth-order valence-corrected chi connectivity index (χ4v) is 2.78. The molecule has 1 aliphatic heterocycles. The van der Waals surface area contributed by atoms with Crippen molar-refractivity contribution in [3.63, 3.8) is 0 Å². The Hall–Kier alpha value is -1.16.